The van der Waals surface area contributed by atoms with Crippen LogP contribution in [0.4, 0.5) is 17.5 Å². The Morgan fingerprint density at radius 3 is 2.52 bits per heavy atom. The Morgan fingerprint density at radius 2 is 1.85 bits per heavy atom. The molecule has 3 heterocycles. The van der Waals surface area contributed by atoms with Gasteiger partial charge in [-0.1, -0.05) is 23.2 Å². The van der Waals surface area contributed by atoms with Crippen molar-refractivity contribution in [2.24, 2.45) is 7.05 Å². The summed E-state index contributed by atoms with van der Waals surface area (Å²) in [5, 5.41) is 17.9. The van der Waals surface area contributed by atoms with E-state index in [4.69, 9.17) is 23.2 Å². The van der Waals surface area contributed by atoms with E-state index in [1.807, 2.05) is 23.9 Å². The summed E-state index contributed by atoms with van der Waals surface area (Å²) in [4.78, 5) is 27.8. The Balaban J connectivity index is 1.52. The molecule has 4 rings (SSSR count). The lowest BCUT2D eigenvalue weighted by molar-refractivity contribution is -0.385. The summed E-state index contributed by atoms with van der Waals surface area (Å²) in [7, 11) is 1.89. The van der Waals surface area contributed by atoms with Crippen molar-refractivity contribution in [2.45, 2.75) is 0 Å². The summed E-state index contributed by atoms with van der Waals surface area (Å²) in [5.41, 5.74) is 1.99. The van der Waals surface area contributed by atoms with Crippen molar-refractivity contribution in [3.63, 3.8) is 0 Å². The van der Waals surface area contributed by atoms with Crippen molar-refractivity contribution in [3.05, 3.63) is 75.3 Å². The summed E-state index contributed by atoms with van der Waals surface area (Å²) in [6.45, 7) is 0.973. The highest BCUT2D eigenvalue weighted by molar-refractivity contribution is 6.36. The first-order chi connectivity index (χ1) is 15.9. The molecule has 0 aliphatic rings. The molecule has 0 fully saturated rings. The Hall–Kier alpha value is -3.76. The molecule has 33 heavy (non-hydrogen) atoms. The van der Waals surface area contributed by atoms with Crippen LogP contribution in [0.25, 0.3) is 22.6 Å². The standard InChI is InChI=1S/C21H18Cl2N8O2/c1-30-9-8-25-20(30)16-12-28-21(29-19(16)15-4-2-13(22)10-17(15)23)26-7-6-24-18-5-3-14(11-27-18)31(32)33/h2-5,8-12H,6-7H2,1H3,(H,24,27)(H,26,28,29). The molecule has 0 aliphatic heterocycles. The third kappa shape index (κ3) is 5.18. The van der Waals surface area contributed by atoms with Crippen LogP contribution in [-0.2, 0) is 7.05 Å². The van der Waals surface area contributed by atoms with Gasteiger partial charge < -0.3 is 15.2 Å². The molecule has 3 aromatic heterocycles. The van der Waals surface area contributed by atoms with E-state index in [0.29, 0.717) is 52.0 Å². The maximum absolute atomic E-state index is 10.7. The van der Waals surface area contributed by atoms with Crippen LogP contribution in [0.15, 0.2) is 55.1 Å². The molecule has 4 aromatic rings. The zero-order valence-corrected chi connectivity index (χ0v) is 18.9. The average Bonchev–Trinajstić information content (AvgIpc) is 3.22. The molecule has 0 saturated heterocycles. The number of imidazole rings is 1. The predicted molar refractivity (Wildman–Crippen MR) is 128 cm³/mol. The number of rotatable bonds is 8. The van der Waals surface area contributed by atoms with Gasteiger partial charge in [-0.15, -0.1) is 0 Å². The molecule has 0 saturated carbocycles. The zero-order valence-electron chi connectivity index (χ0n) is 17.4. The molecule has 0 amide bonds. The van der Waals surface area contributed by atoms with Gasteiger partial charge in [0.1, 0.15) is 17.8 Å². The molecule has 12 heteroatoms. The Kier molecular flexibility index (Phi) is 6.66. The fraction of sp³-hybridized carbons (Fsp3) is 0.143. The van der Waals surface area contributed by atoms with Gasteiger partial charge in [0.2, 0.25) is 5.95 Å². The summed E-state index contributed by atoms with van der Waals surface area (Å²) >= 11 is 12.5. The molecule has 0 radical (unpaired) electrons. The van der Waals surface area contributed by atoms with Crippen LogP contribution in [0.5, 0.6) is 0 Å². The number of pyridine rings is 1. The lowest BCUT2D eigenvalue weighted by Crippen LogP contribution is -2.16. The molecule has 0 bridgehead atoms. The lowest BCUT2D eigenvalue weighted by Gasteiger charge is -2.13. The zero-order chi connectivity index (χ0) is 23.4. The molecule has 0 atom stereocenters. The van der Waals surface area contributed by atoms with Gasteiger partial charge in [-0.3, -0.25) is 10.1 Å². The van der Waals surface area contributed by atoms with Crippen LogP contribution in [0.3, 0.4) is 0 Å². The Labute approximate surface area is 198 Å². The van der Waals surface area contributed by atoms with Crippen LogP contribution in [-0.4, -0.2) is 42.5 Å². The Morgan fingerprint density at radius 1 is 1.03 bits per heavy atom. The van der Waals surface area contributed by atoms with Gasteiger partial charge in [0.15, 0.2) is 0 Å². The minimum Gasteiger partial charge on any atom is -0.368 e. The van der Waals surface area contributed by atoms with Crippen molar-refractivity contribution in [1.29, 1.82) is 0 Å². The maximum Gasteiger partial charge on any atom is 0.287 e. The van der Waals surface area contributed by atoms with Crippen LogP contribution in [0.2, 0.25) is 10.0 Å². The van der Waals surface area contributed by atoms with Gasteiger partial charge >= 0.3 is 0 Å². The van der Waals surface area contributed by atoms with Crippen LogP contribution in [0.1, 0.15) is 0 Å². The quantitative estimate of drug-likeness (QED) is 0.210. The highest BCUT2D eigenvalue weighted by Gasteiger charge is 2.17. The number of hydrogen-bond acceptors (Lipinski definition) is 8. The monoisotopic (exact) mass is 484 g/mol. The summed E-state index contributed by atoms with van der Waals surface area (Å²) < 4.78 is 1.88. The van der Waals surface area contributed by atoms with E-state index in [-0.39, 0.29) is 5.69 Å². The van der Waals surface area contributed by atoms with Crippen LogP contribution >= 0.6 is 23.2 Å². The average molecular weight is 485 g/mol. The van der Waals surface area contributed by atoms with Gasteiger partial charge in [-0.2, -0.15) is 0 Å². The van der Waals surface area contributed by atoms with Crippen molar-refractivity contribution in [3.8, 4) is 22.6 Å². The second-order valence-electron chi connectivity index (χ2n) is 6.95. The molecule has 10 nitrogen and oxygen atoms in total. The van der Waals surface area contributed by atoms with E-state index < -0.39 is 4.92 Å². The number of hydrogen-bond donors (Lipinski definition) is 2. The number of aromatic nitrogens is 5. The topological polar surface area (TPSA) is 124 Å². The third-order valence-corrected chi connectivity index (χ3v) is 5.26. The fourth-order valence-corrected chi connectivity index (χ4v) is 3.60. The minimum absolute atomic E-state index is 0.0618. The number of benzene rings is 1. The number of halogens is 2. The van der Waals surface area contributed by atoms with Crippen molar-refractivity contribution >= 4 is 40.7 Å². The maximum atomic E-state index is 10.7. The molecule has 2 N–H and O–H groups in total. The predicted octanol–water partition coefficient (Wildman–Crippen LogP) is 4.68. The molecule has 0 aliphatic carbocycles. The van der Waals surface area contributed by atoms with Crippen LogP contribution < -0.4 is 10.6 Å². The van der Waals surface area contributed by atoms with E-state index in [0.717, 1.165) is 5.56 Å². The van der Waals surface area contributed by atoms with Crippen LogP contribution in [0, 0.1) is 10.1 Å². The number of nitro groups is 1. The normalized spacial score (nSPS) is 10.8. The van der Waals surface area contributed by atoms with E-state index in [1.165, 1.54) is 12.3 Å². The summed E-state index contributed by atoms with van der Waals surface area (Å²) in [6.07, 6.45) is 6.44. The van der Waals surface area contributed by atoms with Gasteiger partial charge in [0.25, 0.3) is 5.69 Å². The van der Waals surface area contributed by atoms with Gasteiger partial charge in [0, 0.05) is 55.4 Å². The molecule has 1 aromatic carbocycles. The van der Waals surface area contributed by atoms with E-state index in [2.05, 4.69) is 30.6 Å². The first kappa shape index (κ1) is 22.4. The summed E-state index contributed by atoms with van der Waals surface area (Å²) in [5.74, 6) is 1.64. The SMILES string of the molecule is Cn1ccnc1-c1cnc(NCCNc2ccc([N+](=O)[O-])cn2)nc1-c1ccc(Cl)cc1Cl. The van der Waals surface area contributed by atoms with E-state index in [9.17, 15) is 10.1 Å². The number of anilines is 2. The highest BCUT2D eigenvalue weighted by atomic mass is 35.5. The lowest BCUT2D eigenvalue weighted by atomic mass is 10.1. The largest absolute Gasteiger partial charge is 0.368 e. The van der Waals surface area contributed by atoms with E-state index >= 15 is 0 Å². The Bertz CT molecular complexity index is 1290. The fourth-order valence-electron chi connectivity index (χ4n) is 3.11. The first-order valence-electron chi connectivity index (χ1n) is 9.80. The van der Waals surface area contributed by atoms with Crippen molar-refractivity contribution < 1.29 is 4.92 Å². The third-order valence-electron chi connectivity index (χ3n) is 4.71. The second kappa shape index (κ2) is 9.80. The smallest absolute Gasteiger partial charge is 0.287 e. The number of nitrogens with one attached hydrogen (secondary N) is 2. The first-order valence-corrected chi connectivity index (χ1v) is 10.6. The summed E-state index contributed by atoms with van der Waals surface area (Å²) in [6, 6.07) is 8.17. The second-order valence-corrected chi connectivity index (χ2v) is 7.80. The molecular weight excluding hydrogens is 467 g/mol. The highest BCUT2D eigenvalue weighted by Crippen LogP contribution is 2.35. The minimum atomic E-state index is -0.491. The van der Waals surface area contributed by atoms with E-state index in [1.54, 1.807) is 30.6 Å². The number of nitrogens with zero attached hydrogens (tertiary/aromatic N) is 6. The van der Waals surface area contributed by atoms with Gasteiger partial charge in [-0.25, -0.2) is 19.9 Å². The molecule has 0 unspecified atom stereocenters. The molecule has 168 valence electrons. The van der Waals surface area contributed by atoms with Gasteiger partial charge in [-0.05, 0) is 24.3 Å². The van der Waals surface area contributed by atoms with Crippen molar-refractivity contribution in [2.75, 3.05) is 23.7 Å². The van der Waals surface area contributed by atoms with Gasteiger partial charge in [0.05, 0.1) is 21.2 Å². The number of aryl methyl sites for hydroxylation is 1. The van der Waals surface area contributed by atoms with Crippen molar-refractivity contribution in [1.82, 2.24) is 24.5 Å². The molecule has 0 spiro atoms. The molecular formula is C21H18Cl2N8O2.